The standard InChI is InChI=1S/C9H17NO6Se/c1-4(12)10-8-7(14)6(13)5(3-11)16-9(8,15)17-2/h5-8,11,13-15H,3H2,1-2H3,(H,10,12)/t5-,6+,7+,8-,9+/m1/s1. The second-order valence-electron chi connectivity index (χ2n) is 3.83. The zero-order valence-corrected chi connectivity index (χ0v) is 11.2. The molecule has 1 aliphatic rings. The number of hydrogen-bond donors (Lipinski definition) is 5. The van der Waals surface area contributed by atoms with Gasteiger partial charge in [-0.3, -0.25) is 0 Å². The molecule has 0 bridgehead atoms. The first kappa shape index (κ1) is 14.8. The van der Waals surface area contributed by atoms with Crippen LogP contribution in [0.3, 0.4) is 0 Å². The van der Waals surface area contributed by atoms with Gasteiger partial charge in [-0.2, -0.15) is 0 Å². The quantitative estimate of drug-likeness (QED) is 0.354. The van der Waals surface area contributed by atoms with Crippen molar-refractivity contribution in [3.63, 3.8) is 0 Å². The van der Waals surface area contributed by atoms with E-state index in [-0.39, 0.29) is 0 Å². The summed E-state index contributed by atoms with van der Waals surface area (Å²) in [7, 11) is 0. The van der Waals surface area contributed by atoms with Crippen molar-refractivity contribution in [1.82, 2.24) is 5.32 Å². The van der Waals surface area contributed by atoms with Gasteiger partial charge >= 0.3 is 105 Å². The maximum absolute atomic E-state index is 11.0. The molecule has 1 amide bonds. The van der Waals surface area contributed by atoms with Gasteiger partial charge in [-0.15, -0.1) is 0 Å². The molecule has 1 fully saturated rings. The van der Waals surface area contributed by atoms with E-state index in [2.05, 4.69) is 5.32 Å². The normalized spacial score (nSPS) is 42.2. The molecule has 0 aromatic rings. The van der Waals surface area contributed by atoms with E-state index in [1.807, 2.05) is 0 Å². The molecule has 0 spiro atoms. The van der Waals surface area contributed by atoms with Crippen molar-refractivity contribution in [3.8, 4) is 0 Å². The molecular weight excluding hydrogens is 297 g/mol. The molecule has 5 atom stereocenters. The van der Waals surface area contributed by atoms with Crippen molar-refractivity contribution in [1.29, 1.82) is 0 Å². The number of nitrogens with one attached hydrogen (secondary N) is 1. The summed E-state index contributed by atoms with van der Waals surface area (Å²) in [5.41, 5.74) is 0. The Bertz CT molecular complexity index is 291. The molecule has 7 nitrogen and oxygen atoms in total. The summed E-state index contributed by atoms with van der Waals surface area (Å²) >= 11 is -0.478. The number of aliphatic hydroxyl groups excluding tert-OH is 3. The predicted octanol–water partition coefficient (Wildman–Crippen LogP) is -3.00. The summed E-state index contributed by atoms with van der Waals surface area (Å²) in [6, 6.07) is -1.11. The average molecular weight is 314 g/mol. The Labute approximate surface area is 105 Å². The molecule has 17 heavy (non-hydrogen) atoms. The van der Waals surface area contributed by atoms with Gasteiger partial charge in [-0.05, 0) is 0 Å². The first-order chi connectivity index (χ1) is 7.85. The Balaban J connectivity index is 2.95. The van der Waals surface area contributed by atoms with Crippen molar-refractivity contribution in [2.45, 2.75) is 41.8 Å². The third-order valence-corrected chi connectivity index (χ3v) is 4.58. The molecule has 5 N–H and O–H groups in total. The molecule has 0 unspecified atom stereocenters. The van der Waals surface area contributed by atoms with Gasteiger partial charge in [0.05, 0.1) is 0 Å². The molecule has 1 rings (SSSR count). The molecule has 1 saturated heterocycles. The van der Waals surface area contributed by atoms with E-state index in [9.17, 15) is 20.1 Å². The maximum atomic E-state index is 11.0. The van der Waals surface area contributed by atoms with Crippen molar-refractivity contribution in [2.24, 2.45) is 0 Å². The van der Waals surface area contributed by atoms with Gasteiger partial charge in [0.25, 0.3) is 0 Å². The summed E-state index contributed by atoms with van der Waals surface area (Å²) < 4.78 is 3.43. The van der Waals surface area contributed by atoms with Crippen LogP contribution in [0.25, 0.3) is 0 Å². The van der Waals surface area contributed by atoms with Crippen molar-refractivity contribution >= 4 is 20.9 Å². The molecule has 0 aliphatic carbocycles. The van der Waals surface area contributed by atoms with Crippen LogP contribution < -0.4 is 5.32 Å². The summed E-state index contributed by atoms with van der Waals surface area (Å²) in [6.07, 6.45) is -3.82. The van der Waals surface area contributed by atoms with Crippen LogP contribution in [0.1, 0.15) is 6.92 Å². The number of carbonyl (C=O) groups excluding carboxylic acids is 1. The Morgan fingerprint density at radius 3 is 2.47 bits per heavy atom. The van der Waals surface area contributed by atoms with Crippen LogP contribution in [0.2, 0.25) is 5.82 Å². The SMILES string of the molecule is C[Se][C@@]1(O)O[C@H](CO)[C@H](O)[C@H](O)[C@H]1NC(C)=O. The van der Waals surface area contributed by atoms with Crippen LogP contribution in [0.5, 0.6) is 0 Å². The number of ether oxygens (including phenoxy) is 1. The molecule has 1 heterocycles. The topological polar surface area (TPSA) is 119 Å². The predicted molar refractivity (Wildman–Crippen MR) is 58.1 cm³/mol. The van der Waals surface area contributed by atoms with Crippen molar-refractivity contribution in [2.75, 3.05) is 6.61 Å². The zero-order chi connectivity index (χ0) is 13.2. The Morgan fingerprint density at radius 1 is 1.47 bits per heavy atom. The zero-order valence-electron chi connectivity index (χ0n) is 9.53. The monoisotopic (exact) mass is 315 g/mol. The molecule has 0 radical (unpaired) electrons. The summed E-state index contributed by atoms with van der Waals surface area (Å²) in [6.45, 7) is 0.712. The van der Waals surface area contributed by atoms with E-state index in [0.717, 1.165) is 0 Å². The summed E-state index contributed by atoms with van der Waals surface area (Å²) in [5, 5.41) is 41.0. The Morgan fingerprint density at radius 2 is 2.06 bits per heavy atom. The van der Waals surface area contributed by atoms with E-state index >= 15 is 0 Å². The number of aliphatic hydroxyl groups is 4. The minimum absolute atomic E-state index is 0.449. The van der Waals surface area contributed by atoms with Crippen LogP contribution in [0.4, 0.5) is 0 Å². The second kappa shape index (κ2) is 5.62. The van der Waals surface area contributed by atoms with Gasteiger partial charge in [0.2, 0.25) is 0 Å². The van der Waals surface area contributed by atoms with E-state index < -0.39 is 56.5 Å². The average Bonchev–Trinajstić information content (AvgIpc) is 2.29. The van der Waals surface area contributed by atoms with Crippen LogP contribution in [0.15, 0.2) is 0 Å². The molecule has 8 heteroatoms. The molecule has 0 aromatic carbocycles. The fourth-order valence-electron chi connectivity index (χ4n) is 1.71. The molecular formula is C9H17NO6Se. The first-order valence-electron chi connectivity index (χ1n) is 5.05. The number of hydrogen-bond acceptors (Lipinski definition) is 6. The van der Waals surface area contributed by atoms with Gasteiger partial charge in [-0.25, -0.2) is 0 Å². The first-order valence-corrected chi connectivity index (χ1v) is 7.62. The van der Waals surface area contributed by atoms with Crippen LogP contribution in [0, 0.1) is 0 Å². The van der Waals surface area contributed by atoms with Gasteiger partial charge in [0.15, 0.2) is 0 Å². The summed E-state index contributed by atoms with van der Waals surface area (Å²) in [5.74, 6) is 1.22. The Kier molecular flexibility index (Phi) is 4.91. The van der Waals surface area contributed by atoms with Crippen LogP contribution in [-0.2, 0) is 9.53 Å². The summed E-state index contributed by atoms with van der Waals surface area (Å²) in [4.78, 5) is 11.0. The van der Waals surface area contributed by atoms with E-state index in [4.69, 9.17) is 9.84 Å². The third-order valence-electron chi connectivity index (χ3n) is 2.62. The van der Waals surface area contributed by atoms with Crippen molar-refractivity contribution in [3.05, 3.63) is 0 Å². The molecule has 0 saturated carbocycles. The van der Waals surface area contributed by atoms with Gasteiger partial charge in [0, 0.05) is 0 Å². The van der Waals surface area contributed by atoms with Crippen LogP contribution >= 0.6 is 0 Å². The van der Waals surface area contributed by atoms with Gasteiger partial charge in [0.1, 0.15) is 0 Å². The molecule has 0 aromatic heterocycles. The van der Waals surface area contributed by atoms with Gasteiger partial charge < -0.3 is 0 Å². The minimum atomic E-state index is -1.75. The Hall–Kier alpha value is -0.211. The van der Waals surface area contributed by atoms with E-state index in [1.54, 1.807) is 5.82 Å². The third kappa shape index (κ3) is 2.97. The fourth-order valence-corrected chi connectivity index (χ4v) is 3.12. The fraction of sp³-hybridized carbons (Fsp3) is 0.889. The second-order valence-corrected chi connectivity index (χ2v) is 5.92. The van der Waals surface area contributed by atoms with Crippen molar-refractivity contribution < 1.29 is 30.0 Å². The van der Waals surface area contributed by atoms with Crippen LogP contribution in [-0.4, -0.2) is 76.9 Å². The number of rotatable bonds is 3. The molecule has 100 valence electrons. The number of carbonyl (C=O) groups is 1. The van der Waals surface area contributed by atoms with E-state index in [0.29, 0.717) is 0 Å². The molecule has 1 aliphatic heterocycles. The van der Waals surface area contributed by atoms with Gasteiger partial charge in [-0.1, -0.05) is 0 Å². The number of amides is 1. The van der Waals surface area contributed by atoms with E-state index in [1.165, 1.54) is 6.92 Å².